The molecule has 11 rings (SSSR count). The number of carbonyl (C=O) groups is 4. The number of ether oxygens (including phenoxy) is 5. The van der Waals surface area contributed by atoms with Crippen LogP contribution in [0, 0.1) is 11.3 Å². The van der Waals surface area contributed by atoms with Crippen LogP contribution in [0.2, 0.25) is 0 Å². The second-order valence-corrected chi connectivity index (χ2v) is 21.7. The van der Waals surface area contributed by atoms with Crippen molar-refractivity contribution in [3.8, 4) is 11.5 Å². The number of methoxy groups -OCH3 is 3. The SMILES string of the molecule is CC[C@]1(NC(=O)c2ccc3c(c2)OCCN3C)C[C@H]2CN(CCc3c([nH]c4ccccc34)[C@@](C(=O)OC)(c3cc4c(cc3OC)N(C)[C@H]3[C@@](O)(C(=O)OC)[C@H](OC(C)=O)[C@]5(CC)C=CCN6CC[C@]43[C@@H]65)C2)C1. The lowest BCUT2D eigenvalue weighted by Crippen LogP contribution is -2.81. The fourth-order valence-corrected chi connectivity index (χ4v) is 15.5. The van der Waals surface area contributed by atoms with Crippen LogP contribution in [0.4, 0.5) is 11.4 Å². The number of amides is 1. The predicted molar refractivity (Wildman–Crippen MR) is 271 cm³/mol. The summed E-state index contributed by atoms with van der Waals surface area (Å²) in [7, 11) is 8.19. The number of esters is 3. The number of nitrogens with one attached hydrogen (secondary N) is 2. The number of piperidine rings is 1. The molecule has 16 nitrogen and oxygen atoms in total. The molecule has 1 spiro atoms. The molecule has 72 heavy (non-hydrogen) atoms. The highest BCUT2D eigenvalue weighted by atomic mass is 16.6. The van der Waals surface area contributed by atoms with Gasteiger partial charge in [-0.25, -0.2) is 4.79 Å². The van der Waals surface area contributed by atoms with Gasteiger partial charge >= 0.3 is 17.9 Å². The third kappa shape index (κ3) is 6.59. The van der Waals surface area contributed by atoms with E-state index < -0.39 is 57.4 Å². The van der Waals surface area contributed by atoms with Crippen LogP contribution in [-0.2, 0) is 45.8 Å². The first-order valence-corrected chi connectivity index (χ1v) is 25.7. The van der Waals surface area contributed by atoms with Crippen LogP contribution in [0.5, 0.6) is 11.5 Å². The minimum absolute atomic E-state index is 0.149. The molecular formula is C56H68N6O10. The number of benzene rings is 3. The Kier molecular flexibility index (Phi) is 11.6. The summed E-state index contributed by atoms with van der Waals surface area (Å²) >= 11 is 0. The lowest BCUT2D eigenvalue weighted by atomic mass is 9.47. The topological polar surface area (TPSA) is 175 Å². The normalized spacial score (nSPS) is 33.2. The molecule has 6 aliphatic heterocycles. The Bertz CT molecular complexity index is 2920. The standard InChI is InChI=1S/C56H68N6O10/c1-9-52(58-46(64)35-16-17-41-44(26-35)71-25-24-59(41)4)29-34-30-55(50(65)69-7,45-37(18-22-61(31-34)32-52)36-14-11-12-15-40(36)57-45)39-27-38-42(28-43(39)68-6)60(5)48-54(38)20-23-62-21-13-19-53(10-2,47(54)62)49(72-33(3)63)56(48,67)51(66)70-8/h11-17,19,26-28,34,47-49,57,67H,9-10,18,20-25,29-32H2,1-8H3,(H,58,64)/t34-,47+,48-,49-,52+,53-,54-,55+,56+/m1/s1. The maximum absolute atomic E-state index is 15.8. The summed E-state index contributed by atoms with van der Waals surface area (Å²) in [6.45, 7) is 9.99. The minimum Gasteiger partial charge on any atom is -0.496 e. The highest BCUT2D eigenvalue weighted by Gasteiger charge is 2.80. The van der Waals surface area contributed by atoms with E-state index in [1.807, 2.05) is 68.4 Å². The fourth-order valence-electron chi connectivity index (χ4n) is 15.5. The molecule has 2 saturated heterocycles. The van der Waals surface area contributed by atoms with Crippen LogP contribution in [0.15, 0.2) is 66.7 Å². The molecule has 7 aliphatic rings. The van der Waals surface area contributed by atoms with Crippen molar-refractivity contribution < 1.29 is 48.0 Å². The van der Waals surface area contributed by atoms with E-state index in [0.29, 0.717) is 100 Å². The van der Waals surface area contributed by atoms with E-state index in [0.717, 1.165) is 45.6 Å². The Morgan fingerprint density at radius 3 is 2.43 bits per heavy atom. The molecule has 4 aromatic rings. The molecule has 1 unspecified atom stereocenters. The molecular weight excluding hydrogens is 917 g/mol. The Morgan fingerprint density at radius 2 is 1.69 bits per heavy atom. The monoisotopic (exact) mass is 984 g/mol. The minimum atomic E-state index is -2.34. The molecule has 1 aromatic heterocycles. The zero-order valence-corrected chi connectivity index (χ0v) is 42.8. The lowest BCUT2D eigenvalue weighted by Gasteiger charge is -2.63. The molecule has 0 radical (unpaired) electrons. The van der Waals surface area contributed by atoms with Gasteiger partial charge in [0.1, 0.15) is 23.5 Å². The van der Waals surface area contributed by atoms with Gasteiger partial charge in [0.15, 0.2) is 6.10 Å². The number of hydrogen-bond donors (Lipinski definition) is 3. The number of aromatic nitrogens is 1. The van der Waals surface area contributed by atoms with Gasteiger partial charge < -0.3 is 53.8 Å². The van der Waals surface area contributed by atoms with Crippen LogP contribution in [0.25, 0.3) is 10.9 Å². The van der Waals surface area contributed by atoms with E-state index in [4.69, 9.17) is 23.7 Å². The zero-order valence-electron chi connectivity index (χ0n) is 42.8. The van der Waals surface area contributed by atoms with E-state index in [2.05, 4.69) is 56.2 Å². The number of H-pyrrole nitrogens is 1. The summed E-state index contributed by atoms with van der Waals surface area (Å²) in [5, 5.41) is 18.1. The van der Waals surface area contributed by atoms with E-state index in [1.54, 1.807) is 7.11 Å². The first kappa shape index (κ1) is 48.2. The van der Waals surface area contributed by atoms with Gasteiger partial charge in [-0.2, -0.15) is 0 Å². The molecule has 1 aliphatic carbocycles. The molecule has 10 atom stereocenters. The van der Waals surface area contributed by atoms with Crippen molar-refractivity contribution >= 4 is 46.1 Å². The molecule has 7 heterocycles. The summed E-state index contributed by atoms with van der Waals surface area (Å²) in [5.74, 6) is -1.17. The van der Waals surface area contributed by atoms with E-state index in [9.17, 15) is 19.5 Å². The second kappa shape index (κ2) is 17.3. The lowest BCUT2D eigenvalue weighted by molar-refractivity contribution is -0.228. The van der Waals surface area contributed by atoms with Crippen molar-refractivity contribution in [3.63, 3.8) is 0 Å². The van der Waals surface area contributed by atoms with Crippen LogP contribution in [-0.4, -0.2) is 154 Å². The largest absolute Gasteiger partial charge is 0.496 e. The summed E-state index contributed by atoms with van der Waals surface area (Å²) in [4.78, 5) is 70.8. The van der Waals surface area contributed by atoms with Crippen molar-refractivity contribution in [1.29, 1.82) is 0 Å². The van der Waals surface area contributed by atoms with Crippen LogP contribution in [0.3, 0.4) is 0 Å². The molecule has 3 aromatic carbocycles. The average Bonchev–Trinajstić information content (AvgIpc) is 4.05. The van der Waals surface area contributed by atoms with E-state index in [1.165, 1.54) is 21.1 Å². The Hall–Kier alpha value is -6.10. The number of likely N-dealkylation sites (N-methyl/N-ethyl adjacent to an activating group) is 2. The first-order valence-electron chi connectivity index (χ1n) is 25.7. The number of carbonyl (C=O) groups excluding carboxylic acids is 4. The molecule has 16 heteroatoms. The van der Waals surface area contributed by atoms with Crippen molar-refractivity contribution in [1.82, 2.24) is 20.1 Å². The average molecular weight is 985 g/mol. The number of hydrogen-bond acceptors (Lipinski definition) is 14. The Morgan fingerprint density at radius 1 is 0.903 bits per heavy atom. The zero-order chi connectivity index (χ0) is 50.7. The van der Waals surface area contributed by atoms with E-state index in [-0.39, 0.29) is 17.9 Å². The third-order valence-corrected chi connectivity index (χ3v) is 18.3. The maximum atomic E-state index is 15.8. The first-order chi connectivity index (χ1) is 34.6. The number of aromatic amines is 1. The Labute approximate surface area is 420 Å². The highest BCUT2D eigenvalue weighted by Crippen LogP contribution is 2.68. The molecule has 382 valence electrons. The molecule has 1 amide bonds. The van der Waals surface area contributed by atoms with Crippen molar-refractivity contribution in [2.45, 2.75) is 99.5 Å². The van der Waals surface area contributed by atoms with Gasteiger partial charge in [-0.05, 0) is 92.4 Å². The van der Waals surface area contributed by atoms with Gasteiger partial charge in [-0.1, -0.05) is 44.2 Å². The summed E-state index contributed by atoms with van der Waals surface area (Å²) in [6.07, 6.45) is 5.93. The van der Waals surface area contributed by atoms with Gasteiger partial charge in [-0.15, -0.1) is 0 Å². The summed E-state index contributed by atoms with van der Waals surface area (Å²) < 4.78 is 30.4. The molecule has 3 fully saturated rings. The number of fused-ring (bicyclic) bond motifs is 7. The number of rotatable bonds is 9. The van der Waals surface area contributed by atoms with E-state index >= 15 is 4.79 Å². The Balaban J connectivity index is 1.11. The van der Waals surface area contributed by atoms with Gasteiger partial charge in [0.05, 0.1) is 45.1 Å². The fraction of sp³-hybridized carbons (Fsp3) is 0.536. The van der Waals surface area contributed by atoms with Crippen LogP contribution in [0.1, 0.15) is 85.6 Å². The van der Waals surface area contributed by atoms with Crippen LogP contribution < -0.4 is 24.6 Å². The van der Waals surface area contributed by atoms with Gasteiger partial charge in [0.2, 0.25) is 5.60 Å². The van der Waals surface area contributed by atoms with Crippen molar-refractivity contribution in [2.75, 3.05) is 91.1 Å². The molecule has 1 saturated carbocycles. The summed E-state index contributed by atoms with van der Waals surface area (Å²) in [5.41, 5.74) is -0.182. The third-order valence-electron chi connectivity index (χ3n) is 18.3. The van der Waals surface area contributed by atoms with Crippen molar-refractivity contribution in [3.05, 3.63) is 94.7 Å². The number of anilines is 2. The van der Waals surface area contributed by atoms with Gasteiger partial charge in [0, 0.05) is 104 Å². The maximum Gasteiger partial charge on any atom is 0.344 e. The summed E-state index contributed by atoms with van der Waals surface area (Å²) in [6, 6.07) is 16.6. The van der Waals surface area contributed by atoms with Gasteiger partial charge in [0.25, 0.3) is 5.91 Å². The van der Waals surface area contributed by atoms with Crippen LogP contribution >= 0.6 is 0 Å². The second-order valence-electron chi connectivity index (χ2n) is 21.7. The quantitative estimate of drug-likeness (QED) is 0.113. The highest BCUT2D eigenvalue weighted by molar-refractivity contribution is 5.97. The number of para-hydroxylation sites is 1. The van der Waals surface area contributed by atoms with Crippen molar-refractivity contribution in [2.24, 2.45) is 11.3 Å². The molecule has 2 bridgehead atoms. The molecule has 3 N–H and O–H groups in total. The van der Waals surface area contributed by atoms with Gasteiger partial charge in [-0.3, -0.25) is 19.3 Å². The number of aliphatic hydroxyl groups is 1. The predicted octanol–water partition coefficient (Wildman–Crippen LogP) is 5.26. The number of nitrogens with zero attached hydrogens (tertiary/aromatic N) is 4. The smallest absolute Gasteiger partial charge is 0.344 e.